The Balaban J connectivity index is 2.25. The first kappa shape index (κ1) is 13.6. The molecule has 1 aromatic carbocycles. The van der Waals surface area contributed by atoms with Crippen LogP contribution in [0.2, 0.25) is 0 Å². The van der Waals surface area contributed by atoms with Crippen molar-refractivity contribution >= 4 is 17.1 Å². The highest BCUT2D eigenvalue weighted by molar-refractivity contribution is 5.75. The lowest BCUT2D eigenvalue weighted by molar-refractivity contribution is -0.146. The quantitative estimate of drug-likeness (QED) is 0.793. The highest BCUT2D eigenvalue weighted by atomic mass is 16.5. The minimum atomic E-state index is -0.163. The Morgan fingerprint density at radius 3 is 2.79 bits per heavy atom. The number of benzene rings is 1. The summed E-state index contributed by atoms with van der Waals surface area (Å²) >= 11 is 0. The largest absolute Gasteiger partial charge is 0.469 e. The van der Waals surface area contributed by atoms with E-state index in [1.54, 1.807) is 0 Å². The second-order valence-corrected chi connectivity index (χ2v) is 5.11. The third kappa shape index (κ3) is 2.95. The van der Waals surface area contributed by atoms with E-state index in [4.69, 9.17) is 9.15 Å². The van der Waals surface area contributed by atoms with Crippen molar-refractivity contribution in [1.29, 1.82) is 0 Å². The molecule has 1 atom stereocenters. The molecule has 0 fully saturated rings. The summed E-state index contributed by atoms with van der Waals surface area (Å²) in [5.41, 5.74) is 2.68. The van der Waals surface area contributed by atoms with Crippen LogP contribution >= 0.6 is 0 Å². The van der Waals surface area contributed by atoms with Crippen molar-refractivity contribution in [3.8, 4) is 0 Å². The van der Waals surface area contributed by atoms with Crippen LogP contribution in [0.15, 0.2) is 22.6 Å². The van der Waals surface area contributed by atoms with E-state index in [1.165, 1.54) is 7.11 Å². The Kier molecular flexibility index (Phi) is 3.88. The number of oxazole rings is 1. The minimum Gasteiger partial charge on any atom is -0.469 e. The van der Waals surface area contributed by atoms with Crippen LogP contribution in [-0.4, -0.2) is 18.1 Å². The molecule has 0 N–H and O–H groups in total. The second-order valence-electron chi connectivity index (χ2n) is 5.11. The number of methoxy groups -OCH3 is 1. The van der Waals surface area contributed by atoms with Gasteiger partial charge in [0.2, 0.25) is 0 Å². The predicted octanol–water partition coefficient (Wildman–Crippen LogP) is 3.12. The van der Waals surface area contributed by atoms with Crippen molar-refractivity contribution in [1.82, 2.24) is 4.98 Å². The zero-order valence-corrected chi connectivity index (χ0v) is 11.8. The fraction of sp³-hybridized carbons (Fsp3) is 0.467. The number of aryl methyl sites for hydroxylation is 1. The first-order valence-corrected chi connectivity index (χ1v) is 6.45. The van der Waals surface area contributed by atoms with Gasteiger partial charge in [-0.3, -0.25) is 4.79 Å². The van der Waals surface area contributed by atoms with Gasteiger partial charge in [-0.15, -0.1) is 0 Å². The number of hydrogen-bond donors (Lipinski definition) is 0. The van der Waals surface area contributed by atoms with Gasteiger partial charge in [-0.2, -0.15) is 0 Å². The van der Waals surface area contributed by atoms with E-state index in [0.717, 1.165) is 16.7 Å². The monoisotopic (exact) mass is 261 g/mol. The van der Waals surface area contributed by atoms with Gasteiger partial charge in [0.25, 0.3) is 0 Å². The summed E-state index contributed by atoms with van der Waals surface area (Å²) in [6, 6.07) is 5.87. The molecule has 1 unspecified atom stereocenters. The van der Waals surface area contributed by atoms with Crippen LogP contribution in [-0.2, 0) is 16.0 Å². The van der Waals surface area contributed by atoms with Gasteiger partial charge in [-0.25, -0.2) is 4.98 Å². The van der Waals surface area contributed by atoms with E-state index in [-0.39, 0.29) is 17.8 Å². The van der Waals surface area contributed by atoms with Crippen LogP contribution in [0.4, 0.5) is 0 Å². The highest BCUT2D eigenvalue weighted by Gasteiger charge is 2.23. The molecule has 0 aliphatic heterocycles. The molecule has 4 nitrogen and oxygen atoms in total. The molecule has 2 rings (SSSR count). The van der Waals surface area contributed by atoms with Crippen molar-refractivity contribution < 1.29 is 13.9 Å². The lowest BCUT2D eigenvalue weighted by atomic mass is 9.89. The number of aromatic nitrogens is 1. The Morgan fingerprint density at radius 1 is 1.42 bits per heavy atom. The van der Waals surface area contributed by atoms with Gasteiger partial charge >= 0.3 is 5.97 Å². The SMILES string of the molecule is COC(=O)C(Cc1ccc2nc(C)oc2c1)C(C)C. The lowest BCUT2D eigenvalue weighted by Crippen LogP contribution is -2.23. The number of hydrogen-bond acceptors (Lipinski definition) is 4. The third-order valence-corrected chi connectivity index (χ3v) is 3.32. The molecule has 0 aliphatic carbocycles. The average molecular weight is 261 g/mol. The van der Waals surface area contributed by atoms with Crippen molar-refractivity contribution in [3.63, 3.8) is 0 Å². The van der Waals surface area contributed by atoms with Gasteiger partial charge in [-0.05, 0) is 30.0 Å². The molecule has 0 amide bonds. The molecule has 0 saturated heterocycles. The number of esters is 1. The summed E-state index contributed by atoms with van der Waals surface area (Å²) in [5, 5.41) is 0. The number of ether oxygens (including phenoxy) is 1. The molecule has 1 aromatic heterocycles. The molecule has 4 heteroatoms. The maximum Gasteiger partial charge on any atom is 0.309 e. The van der Waals surface area contributed by atoms with Gasteiger partial charge in [0.15, 0.2) is 11.5 Å². The average Bonchev–Trinajstić information content (AvgIpc) is 2.73. The van der Waals surface area contributed by atoms with Gasteiger partial charge in [0.05, 0.1) is 13.0 Å². The summed E-state index contributed by atoms with van der Waals surface area (Å²) < 4.78 is 10.4. The van der Waals surface area contributed by atoms with E-state index in [1.807, 2.05) is 39.0 Å². The molecule has 2 aromatic rings. The van der Waals surface area contributed by atoms with E-state index >= 15 is 0 Å². The number of carbonyl (C=O) groups excluding carboxylic acids is 1. The maximum absolute atomic E-state index is 11.8. The molecule has 0 bridgehead atoms. The molecule has 0 spiro atoms. The van der Waals surface area contributed by atoms with Gasteiger partial charge in [0.1, 0.15) is 5.52 Å². The molecule has 102 valence electrons. The zero-order valence-electron chi connectivity index (χ0n) is 11.8. The third-order valence-electron chi connectivity index (χ3n) is 3.32. The highest BCUT2D eigenvalue weighted by Crippen LogP contribution is 2.22. The standard InChI is InChI=1S/C15H19NO3/c1-9(2)12(15(17)18-4)7-11-5-6-13-14(8-11)19-10(3)16-13/h5-6,8-9,12H,7H2,1-4H3. The Hall–Kier alpha value is -1.84. The predicted molar refractivity (Wildman–Crippen MR) is 72.8 cm³/mol. The van der Waals surface area contributed by atoms with Crippen LogP contribution in [0.3, 0.4) is 0 Å². The van der Waals surface area contributed by atoms with E-state index in [0.29, 0.717) is 12.3 Å². The molecule has 19 heavy (non-hydrogen) atoms. The Morgan fingerprint density at radius 2 is 2.16 bits per heavy atom. The number of carbonyl (C=O) groups is 1. The molecule has 0 aliphatic rings. The summed E-state index contributed by atoms with van der Waals surface area (Å²) in [5.74, 6) is 0.593. The van der Waals surface area contributed by atoms with E-state index < -0.39 is 0 Å². The summed E-state index contributed by atoms with van der Waals surface area (Å²) in [6.45, 7) is 5.88. The zero-order chi connectivity index (χ0) is 14.0. The molecular weight excluding hydrogens is 242 g/mol. The van der Waals surface area contributed by atoms with Crippen LogP contribution in [0.5, 0.6) is 0 Å². The van der Waals surface area contributed by atoms with Crippen molar-refractivity contribution in [3.05, 3.63) is 29.7 Å². The fourth-order valence-corrected chi connectivity index (χ4v) is 2.21. The summed E-state index contributed by atoms with van der Waals surface area (Å²) in [6.07, 6.45) is 0.653. The van der Waals surface area contributed by atoms with Crippen molar-refractivity contribution in [2.24, 2.45) is 11.8 Å². The van der Waals surface area contributed by atoms with E-state index in [2.05, 4.69) is 4.98 Å². The smallest absolute Gasteiger partial charge is 0.309 e. The van der Waals surface area contributed by atoms with Crippen LogP contribution in [0.1, 0.15) is 25.3 Å². The number of rotatable bonds is 4. The van der Waals surface area contributed by atoms with Gasteiger partial charge in [-0.1, -0.05) is 19.9 Å². The maximum atomic E-state index is 11.8. The van der Waals surface area contributed by atoms with Crippen LogP contribution < -0.4 is 0 Å². The van der Waals surface area contributed by atoms with Crippen molar-refractivity contribution in [2.45, 2.75) is 27.2 Å². The first-order chi connectivity index (χ1) is 9.01. The molecular formula is C15H19NO3. The topological polar surface area (TPSA) is 52.3 Å². The minimum absolute atomic E-state index is 0.133. The Labute approximate surface area is 112 Å². The number of fused-ring (bicyclic) bond motifs is 1. The Bertz CT molecular complexity index is 586. The fourth-order valence-electron chi connectivity index (χ4n) is 2.21. The van der Waals surface area contributed by atoms with Gasteiger partial charge < -0.3 is 9.15 Å². The van der Waals surface area contributed by atoms with Gasteiger partial charge in [0, 0.05) is 6.92 Å². The molecule has 1 heterocycles. The summed E-state index contributed by atoms with van der Waals surface area (Å²) in [4.78, 5) is 16.0. The lowest BCUT2D eigenvalue weighted by Gasteiger charge is -2.18. The second kappa shape index (κ2) is 5.43. The molecule has 0 radical (unpaired) electrons. The molecule has 0 saturated carbocycles. The van der Waals surface area contributed by atoms with E-state index in [9.17, 15) is 4.79 Å². The van der Waals surface area contributed by atoms with Crippen molar-refractivity contribution in [2.75, 3.05) is 7.11 Å². The van der Waals surface area contributed by atoms with Crippen LogP contribution in [0.25, 0.3) is 11.1 Å². The first-order valence-electron chi connectivity index (χ1n) is 6.45. The summed E-state index contributed by atoms with van der Waals surface area (Å²) in [7, 11) is 1.43. The number of nitrogens with zero attached hydrogens (tertiary/aromatic N) is 1. The van der Waals surface area contributed by atoms with Crippen LogP contribution in [0, 0.1) is 18.8 Å². The normalized spacial score (nSPS) is 12.9.